The molecule has 1 heterocycles. The van der Waals surface area contributed by atoms with Crippen molar-refractivity contribution in [3.8, 4) is 5.88 Å². The third-order valence-corrected chi connectivity index (χ3v) is 2.96. The van der Waals surface area contributed by atoms with Crippen LogP contribution >= 0.6 is 0 Å². The number of amides is 1. The van der Waals surface area contributed by atoms with Gasteiger partial charge in [0.15, 0.2) is 0 Å². The van der Waals surface area contributed by atoms with E-state index in [1.807, 2.05) is 0 Å². The van der Waals surface area contributed by atoms with Gasteiger partial charge in [-0.05, 0) is 31.4 Å². The molecular formula is C12H15FN2O2. The number of carbonyl (C=O) groups is 1. The highest BCUT2D eigenvalue weighted by Gasteiger charge is 2.29. The van der Waals surface area contributed by atoms with Crippen molar-refractivity contribution in [3.05, 3.63) is 23.9 Å². The number of hydrogen-bond donors (Lipinski definition) is 1. The number of methoxy groups -OCH3 is 1. The van der Waals surface area contributed by atoms with E-state index < -0.39 is 6.17 Å². The molecule has 0 aromatic carbocycles. The molecule has 0 radical (unpaired) electrons. The van der Waals surface area contributed by atoms with Gasteiger partial charge in [-0.3, -0.25) is 4.79 Å². The average Bonchev–Trinajstić information content (AvgIpc) is 2.75. The lowest BCUT2D eigenvalue weighted by Crippen LogP contribution is -2.38. The number of halogens is 1. The standard InChI is InChI=1S/C12H15FN2O2/c1-17-12-8(4-3-7-14-12)11(16)15-10-6-2-5-9(10)13/h3-4,7,9-10H,2,5-6H2,1H3,(H,15,16). The summed E-state index contributed by atoms with van der Waals surface area (Å²) >= 11 is 0. The zero-order valence-electron chi connectivity index (χ0n) is 9.65. The van der Waals surface area contributed by atoms with Crippen molar-refractivity contribution in [2.24, 2.45) is 0 Å². The predicted molar refractivity (Wildman–Crippen MR) is 60.8 cm³/mol. The van der Waals surface area contributed by atoms with Crippen LogP contribution in [0, 0.1) is 0 Å². The Morgan fingerprint density at radius 2 is 2.41 bits per heavy atom. The summed E-state index contributed by atoms with van der Waals surface area (Å²) in [7, 11) is 1.45. The number of ether oxygens (including phenoxy) is 1. The number of nitrogens with zero attached hydrogens (tertiary/aromatic N) is 1. The van der Waals surface area contributed by atoms with Gasteiger partial charge in [0, 0.05) is 6.20 Å². The first-order chi connectivity index (χ1) is 8.22. The van der Waals surface area contributed by atoms with Gasteiger partial charge in [-0.25, -0.2) is 9.37 Å². The Morgan fingerprint density at radius 3 is 3.06 bits per heavy atom. The molecule has 1 amide bonds. The highest BCUT2D eigenvalue weighted by atomic mass is 19.1. The maximum absolute atomic E-state index is 13.4. The van der Waals surface area contributed by atoms with Crippen molar-refractivity contribution >= 4 is 5.91 Å². The lowest BCUT2D eigenvalue weighted by molar-refractivity contribution is 0.0915. The highest BCUT2D eigenvalue weighted by Crippen LogP contribution is 2.23. The molecule has 1 N–H and O–H groups in total. The molecule has 4 nitrogen and oxygen atoms in total. The molecule has 1 aromatic heterocycles. The van der Waals surface area contributed by atoms with Gasteiger partial charge in [-0.2, -0.15) is 0 Å². The first kappa shape index (κ1) is 11.8. The third-order valence-electron chi connectivity index (χ3n) is 2.96. The first-order valence-corrected chi connectivity index (χ1v) is 5.66. The van der Waals surface area contributed by atoms with E-state index in [4.69, 9.17) is 4.74 Å². The molecular weight excluding hydrogens is 223 g/mol. The zero-order valence-corrected chi connectivity index (χ0v) is 9.65. The van der Waals surface area contributed by atoms with Gasteiger partial charge in [0.25, 0.3) is 5.91 Å². The van der Waals surface area contributed by atoms with Crippen molar-refractivity contribution < 1.29 is 13.9 Å². The fourth-order valence-corrected chi connectivity index (χ4v) is 2.05. The quantitative estimate of drug-likeness (QED) is 0.872. The van der Waals surface area contributed by atoms with Gasteiger partial charge in [0.05, 0.1) is 13.2 Å². The summed E-state index contributed by atoms with van der Waals surface area (Å²) in [6, 6.07) is 2.88. The van der Waals surface area contributed by atoms with E-state index in [0.29, 0.717) is 18.4 Å². The summed E-state index contributed by atoms with van der Waals surface area (Å²) in [5, 5.41) is 2.69. The molecule has 1 aliphatic carbocycles. The molecule has 0 bridgehead atoms. The average molecular weight is 238 g/mol. The highest BCUT2D eigenvalue weighted by molar-refractivity contribution is 5.96. The fourth-order valence-electron chi connectivity index (χ4n) is 2.05. The Kier molecular flexibility index (Phi) is 3.56. The summed E-state index contributed by atoms with van der Waals surface area (Å²) in [5.74, 6) is -0.0668. The molecule has 0 saturated heterocycles. The van der Waals surface area contributed by atoms with E-state index >= 15 is 0 Å². The van der Waals surface area contributed by atoms with Gasteiger partial charge in [-0.15, -0.1) is 0 Å². The van der Waals surface area contributed by atoms with Crippen molar-refractivity contribution in [3.63, 3.8) is 0 Å². The van der Waals surface area contributed by atoms with E-state index in [0.717, 1.165) is 6.42 Å². The van der Waals surface area contributed by atoms with E-state index in [2.05, 4.69) is 10.3 Å². The molecule has 2 atom stereocenters. The van der Waals surface area contributed by atoms with Crippen LogP contribution in [0.2, 0.25) is 0 Å². The van der Waals surface area contributed by atoms with Crippen LogP contribution < -0.4 is 10.1 Å². The molecule has 5 heteroatoms. The summed E-state index contributed by atoms with van der Waals surface area (Å²) in [6.45, 7) is 0. The van der Waals surface area contributed by atoms with Crippen LogP contribution in [0.1, 0.15) is 29.6 Å². The zero-order chi connectivity index (χ0) is 12.3. The number of rotatable bonds is 3. The minimum atomic E-state index is -0.943. The van der Waals surface area contributed by atoms with Crippen LogP contribution in [0.3, 0.4) is 0 Å². The summed E-state index contributed by atoms with van der Waals surface area (Å²) in [6.07, 6.45) is 2.63. The Bertz CT molecular complexity index is 411. The van der Waals surface area contributed by atoms with Crippen molar-refractivity contribution in [2.75, 3.05) is 7.11 Å². The fraction of sp³-hybridized carbons (Fsp3) is 0.500. The number of aromatic nitrogens is 1. The van der Waals surface area contributed by atoms with Gasteiger partial charge in [0.2, 0.25) is 5.88 Å². The van der Waals surface area contributed by atoms with Gasteiger partial charge < -0.3 is 10.1 Å². The SMILES string of the molecule is COc1ncccc1C(=O)NC1CCCC1F. The van der Waals surface area contributed by atoms with Gasteiger partial charge in [0.1, 0.15) is 11.7 Å². The second-order valence-corrected chi connectivity index (χ2v) is 4.09. The van der Waals surface area contributed by atoms with Crippen LogP contribution in [0.25, 0.3) is 0 Å². The Labute approximate surface area is 99.2 Å². The Morgan fingerprint density at radius 1 is 1.59 bits per heavy atom. The number of nitrogens with one attached hydrogen (secondary N) is 1. The van der Waals surface area contributed by atoms with Crippen LogP contribution in [-0.4, -0.2) is 30.2 Å². The molecule has 92 valence electrons. The van der Waals surface area contributed by atoms with Crippen molar-refractivity contribution in [2.45, 2.75) is 31.5 Å². The molecule has 1 aliphatic rings. The second kappa shape index (κ2) is 5.12. The Balaban J connectivity index is 2.09. The van der Waals surface area contributed by atoms with E-state index in [1.54, 1.807) is 18.3 Å². The normalized spacial score (nSPS) is 23.4. The number of pyridine rings is 1. The smallest absolute Gasteiger partial charge is 0.257 e. The first-order valence-electron chi connectivity index (χ1n) is 5.66. The van der Waals surface area contributed by atoms with Gasteiger partial charge >= 0.3 is 0 Å². The lowest BCUT2D eigenvalue weighted by Gasteiger charge is -2.15. The van der Waals surface area contributed by atoms with E-state index in [-0.39, 0.29) is 17.8 Å². The molecule has 17 heavy (non-hydrogen) atoms. The molecule has 0 aliphatic heterocycles. The second-order valence-electron chi connectivity index (χ2n) is 4.09. The summed E-state index contributed by atoms with van der Waals surface area (Å²) < 4.78 is 18.4. The molecule has 1 saturated carbocycles. The topological polar surface area (TPSA) is 51.2 Å². The lowest BCUT2D eigenvalue weighted by atomic mass is 10.2. The number of hydrogen-bond acceptors (Lipinski definition) is 3. The maximum Gasteiger partial charge on any atom is 0.257 e. The van der Waals surface area contributed by atoms with E-state index in [9.17, 15) is 9.18 Å². The molecule has 2 rings (SSSR count). The number of carbonyl (C=O) groups excluding carboxylic acids is 1. The minimum Gasteiger partial charge on any atom is -0.480 e. The molecule has 2 unspecified atom stereocenters. The predicted octanol–water partition coefficient (Wildman–Crippen LogP) is 1.71. The van der Waals surface area contributed by atoms with Crippen LogP contribution in [-0.2, 0) is 0 Å². The van der Waals surface area contributed by atoms with Crippen LogP contribution in [0.15, 0.2) is 18.3 Å². The third kappa shape index (κ3) is 2.54. The largest absolute Gasteiger partial charge is 0.480 e. The monoisotopic (exact) mass is 238 g/mol. The molecule has 1 aromatic rings. The van der Waals surface area contributed by atoms with Gasteiger partial charge in [-0.1, -0.05) is 0 Å². The van der Waals surface area contributed by atoms with Crippen molar-refractivity contribution in [1.29, 1.82) is 0 Å². The van der Waals surface area contributed by atoms with Crippen molar-refractivity contribution in [1.82, 2.24) is 10.3 Å². The number of alkyl halides is 1. The molecule has 0 spiro atoms. The summed E-state index contributed by atoms with van der Waals surface area (Å²) in [5.41, 5.74) is 0.342. The summed E-state index contributed by atoms with van der Waals surface area (Å²) in [4.78, 5) is 15.9. The van der Waals surface area contributed by atoms with Crippen LogP contribution in [0.5, 0.6) is 5.88 Å². The Hall–Kier alpha value is -1.65. The molecule has 1 fully saturated rings. The van der Waals surface area contributed by atoms with Crippen LogP contribution in [0.4, 0.5) is 4.39 Å². The van der Waals surface area contributed by atoms with E-state index in [1.165, 1.54) is 7.11 Å². The maximum atomic E-state index is 13.4. The minimum absolute atomic E-state index is 0.262.